The summed E-state index contributed by atoms with van der Waals surface area (Å²) < 4.78 is 40.5. The van der Waals surface area contributed by atoms with Crippen LogP contribution in [0.4, 0.5) is 9.39 Å². The van der Waals surface area contributed by atoms with Crippen molar-refractivity contribution in [2.75, 3.05) is 31.5 Å². The number of primary amides is 1. The Morgan fingerprint density at radius 1 is 1.24 bits per heavy atom. The van der Waals surface area contributed by atoms with Gasteiger partial charge in [-0.25, -0.2) is 12.8 Å². The van der Waals surface area contributed by atoms with Crippen LogP contribution in [-0.4, -0.2) is 55.6 Å². The van der Waals surface area contributed by atoms with Gasteiger partial charge in [0, 0.05) is 31.1 Å². The van der Waals surface area contributed by atoms with Crippen molar-refractivity contribution in [3.05, 3.63) is 46.1 Å². The maximum atomic E-state index is 13.2. The Hall–Kier alpha value is -2.34. The van der Waals surface area contributed by atoms with Crippen molar-refractivity contribution >= 4 is 38.2 Å². The number of nitrogens with zero attached hydrogens (tertiary/aromatic N) is 2. The lowest BCUT2D eigenvalue weighted by atomic mass is 9.98. The van der Waals surface area contributed by atoms with E-state index in [9.17, 15) is 22.4 Å². The summed E-state index contributed by atoms with van der Waals surface area (Å²) in [6.45, 7) is 4.95. The van der Waals surface area contributed by atoms with Crippen LogP contribution in [0.15, 0.2) is 29.2 Å². The predicted molar refractivity (Wildman–Crippen MR) is 129 cm³/mol. The van der Waals surface area contributed by atoms with E-state index >= 15 is 0 Å². The van der Waals surface area contributed by atoms with Crippen LogP contribution in [-0.2, 0) is 27.8 Å². The molecule has 0 aliphatic carbocycles. The largest absolute Gasteiger partial charge is 0.365 e. The third-order valence-corrected chi connectivity index (χ3v) is 9.38. The Bertz CT molecular complexity index is 1180. The van der Waals surface area contributed by atoms with Gasteiger partial charge in [-0.1, -0.05) is 6.92 Å². The van der Waals surface area contributed by atoms with Gasteiger partial charge in [0.1, 0.15) is 10.8 Å². The van der Waals surface area contributed by atoms with Gasteiger partial charge in [-0.05, 0) is 62.1 Å². The summed E-state index contributed by atoms with van der Waals surface area (Å²) in [6.07, 6.45) is 2.79. The van der Waals surface area contributed by atoms with E-state index in [2.05, 4.69) is 17.1 Å². The lowest BCUT2D eigenvalue weighted by Crippen LogP contribution is -2.43. The quantitative estimate of drug-likeness (QED) is 0.597. The van der Waals surface area contributed by atoms with E-state index in [1.54, 1.807) is 0 Å². The first kappa shape index (κ1) is 24.8. The van der Waals surface area contributed by atoms with E-state index in [-0.39, 0.29) is 23.9 Å². The lowest BCUT2D eigenvalue weighted by molar-refractivity contribution is -0.120. The molecule has 0 saturated carbocycles. The van der Waals surface area contributed by atoms with Gasteiger partial charge < -0.3 is 11.1 Å². The monoisotopic (exact) mass is 508 g/mol. The summed E-state index contributed by atoms with van der Waals surface area (Å²) >= 11 is 1.37. The first-order valence-corrected chi connectivity index (χ1v) is 13.7. The average molecular weight is 509 g/mol. The number of hydrogen-bond donors (Lipinski definition) is 2. The highest BCUT2D eigenvalue weighted by Crippen LogP contribution is 2.37. The number of hydrogen-bond acceptors (Lipinski definition) is 6. The third kappa shape index (κ3) is 5.02. The van der Waals surface area contributed by atoms with Crippen LogP contribution in [0.5, 0.6) is 0 Å². The van der Waals surface area contributed by atoms with Crippen LogP contribution in [0.1, 0.15) is 47.0 Å². The van der Waals surface area contributed by atoms with Crippen molar-refractivity contribution < 1.29 is 22.4 Å². The molecule has 184 valence electrons. The molecule has 1 aromatic heterocycles. The molecule has 4 rings (SSSR count). The number of thiophene rings is 1. The number of rotatable bonds is 7. The van der Waals surface area contributed by atoms with E-state index in [4.69, 9.17) is 5.73 Å². The van der Waals surface area contributed by atoms with Crippen molar-refractivity contribution in [3.63, 3.8) is 0 Å². The van der Waals surface area contributed by atoms with Gasteiger partial charge in [-0.3, -0.25) is 14.5 Å². The number of fused-ring (bicyclic) bond motifs is 1. The standard InChI is InChI=1S/C23H29FN4O4S2/c1-2-10-27-12-9-18-19(14-27)33-23(20(18)21(25)29)26-22(30)15-4-3-11-28(13-15)34(31,32)17-7-5-16(24)6-8-17/h5-8,15H,2-4,9-14H2,1H3,(H2,25,29)(H,26,30). The molecule has 34 heavy (non-hydrogen) atoms. The smallest absolute Gasteiger partial charge is 0.251 e. The van der Waals surface area contributed by atoms with E-state index in [0.717, 1.165) is 48.6 Å². The van der Waals surface area contributed by atoms with Gasteiger partial charge in [0.25, 0.3) is 5.91 Å². The summed E-state index contributed by atoms with van der Waals surface area (Å²) in [6, 6.07) is 4.66. The molecule has 0 spiro atoms. The molecule has 3 N–H and O–H groups in total. The van der Waals surface area contributed by atoms with Crippen LogP contribution in [0.2, 0.25) is 0 Å². The molecule has 2 aromatic rings. The number of carbonyl (C=O) groups excluding carboxylic acids is 2. The van der Waals surface area contributed by atoms with Crippen molar-refractivity contribution in [3.8, 4) is 0 Å². The van der Waals surface area contributed by atoms with Gasteiger partial charge in [-0.2, -0.15) is 4.31 Å². The topological polar surface area (TPSA) is 113 Å². The van der Waals surface area contributed by atoms with Crippen LogP contribution in [0.3, 0.4) is 0 Å². The summed E-state index contributed by atoms with van der Waals surface area (Å²) in [7, 11) is -3.84. The number of amides is 2. The number of benzene rings is 1. The van der Waals surface area contributed by atoms with Crippen LogP contribution in [0.25, 0.3) is 0 Å². The van der Waals surface area contributed by atoms with Crippen LogP contribution >= 0.6 is 11.3 Å². The van der Waals surface area contributed by atoms with Gasteiger partial charge >= 0.3 is 0 Å². The second-order valence-electron chi connectivity index (χ2n) is 8.74. The zero-order valence-corrected chi connectivity index (χ0v) is 20.7. The summed E-state index contributed by atoms with van der Waals surface area (Å²) in [5.74, 6) is -1.98. The fourth-order valence-corrected chi connectivity index (χ4v) is 7.48. The highest BCUT2D eigenvalue weighted by molar-refractivity contribution is 7.89. The maximum Gasteiger partial charge on any atom is 0.251 e. The second kappa shape index (κ2) is 10.1. The highest BCUT2D eigenvalue weighted by Gasteiger charge is 2.35. The number of sulfonamides is 1. The molecular formula is C23H29FN4O4S2. The van der Waals surface area contributed by atoms with Crippen molar-refractivity contribution in [2.24, 2.45) is 11.7 Å². The molecule has 1 unspecified atom stereocenters. The van der Waals surface area contributed by atoms with E-state index in [1.807, 2.05) is 0 Å². The first-order valence-electron chi connectivity index (χ1n) is 11.4. The third-order valence-electron chi connectivity index (χ3n) is 6.37. The number of carbonyl (C=O) groups is 2. The number of anilines is 1. The fourth-order valence-electron chi connectivity index (χ4n) is 4.66. The molecule has 1 saturated heterocycles. The van der Waals surface area contributed by atoms with Gasteiger partial charge in [0.2, 0.25) is 15.9 Å². The van der Waals surface area contributed by atoms with Gasteiger partial charge in [0.15, 0.2) is 0 Å². The second-order valence-corrected chi connectivity index (χ2v) is 11.8. The summed E-state index contributed by atoms with van der Waals surface area (Å²) in [5, 5.41) is 3.32. The van der Waals surface area contributed by atoms with E-state index in [0.29, 0.717) is 29.8 Å². The first-order chi connectivity index (χ1) is 16.2. The molecular weight excluding hydrogens is 479 g/mol. The summed E-state index contributed by atoms with van der Waals surface area (Å²) in [4.78, 5) is 28.7. The van der Waals surface area contributed by atoms with Gasteiger partial charge in [-0.15, -0.1) is 11.3 Å². The zero-order valence-electron chi connectivity index (χ0n) is 19.0. The van der Waals surface area contributed by atoms with Crippen LogP contribution in [0, 0.1) is 11.7 Å². The van der Waals surface area contributed by atoms with E-state index in [1.165, 1.54) is 27.8 Å². The Morgan fingerprint density at radius 3 is 2.65 bits per heavy atom. The molecule has 2 aliphatic heterocycles. The highest BCUT2D eigenvalue weighted by atomic mass is 32.2. The molecule has 0 bridgehead atoms. The molecule has 2 amide bonds. The SMILES string of the molecule is CCCN1CCc2c(sc(NC(=O)C3CCCN(S(=O)(=O)c4ccc(F)cc4)C3)c2C(N)=O)C1. The van der Waals surface area contributed by atoms with Crippen molar-refractivity contribution in [1.29, 1.82) is 0 Å². The fraction of sp³-hybridized carbons (Fsp3) is 0.478. The minimum Gasteiger partial charge on any atom is -0.365 e. The lowest BCUT2D eigenvalue weighted by Gasteiger charge is -2.31. The van der Waals surface area contributed by atoms with Crippen LogP contribution < -0.4 is 11.1 Å². The Balaban J connectivity index is 1.51. The van der Waals surface area contributed by atoms with Gasteiger partial charge in [0.05, 0.1) is 16.4 Å². The minimum absolute atomic E-state index is 0.00598. The molecule has 8 nitrogen and oxygen atoms in total. The molecule has 11 heteroatoms. The number of halogens is 1. The Kier molecular flexibility index (Phi) is 7.36. The molecule has 1 atom stereocenters. The number of nitrogens with two attached hydrogens (primary N) is 1. The maximum absolute atomic E-state index is 13.2. The Morgan fingerprint density at radius 2 is 1.97 bits per heavy atom. The zero-order chi connectivity index (χ0) is 24.5. The normalized spacial score (nSPS) is 19.5. The van der Waals surface area contributed by atoms with E-state index < -0.39 is 27.7 Å². The Labute approximate surface area is 203 Å². The average Bonchev–Trinajstić information content (AvgIpc) is 3.17. The number of piperidine rings is 1. The molecule has 3 heterocycles. The molecule has 2 aliphatic rings. The molecule has 1 fully saturated rings. The van der Waals surface area contributed by atoms with Crippen molar-refractivity contribution in [1.82, 2.24) is 9.21 Å². The van der Waals surface area contributed by atoms with Crippen molar-refractivity contribution in [2.45, 2.75) is 44.0 Å². The number of nitrogens with one attached hydrogen (secondary N) is 1. The minimum atomic E-state index is -3.84. The molecule has 1 aromatic carbocycles. The molecule has 0 radical (unpaired) electrons. The predicted octanol–water partition coefficient (Wildman–Crippen LogP) is 2.79. The summed E-state index contributed by atoms with van der Waals surface area (Å²) in [5.41, 5.74) is 6.95.